The first-order chi connectivity index (χ1) is 11.8. The van der Waals surface area contributed by atoms with Gasteiger partial charge in [-0.25, -0.2) is 4.98 Å². The predicted molar refractivity (Wildman–Crippen MR) is 92.9 cm³/mol. The summed E-state index contributed by atoms with van der Waals surface area (Å²) in [6.07, 6.45) is 3.28. The topological polar surface area (TPSA) is 56.2 Å². The van der Waals surface area contributed by atoms with Crippen LogP contribution in [-0.4, -0.2) is 28.2 Å². The first-order valence-electron chi connectivity index (χ1n) is 8.21. The average Bonchev–Trinajstić information content (AvgIpc) is 3.26. The van der Waals surface area contributed by atoms with Crippen molar-refractivity contribution in [3.8, 4) is 0 Å². The van der Waals surface area contributed by atoms with Crippen LogP contribution >= 0.6 is 0 Å². The Morgan fingerprint density at radius 1 is 1.25 bits per heavy atom. The number of ether oxygens (including phenoxy) is 1. The van der Waals surface area contributed by atoms with Gasteiger partial charge in [-0.05, 0) is 42.7 Å². The van der Waals surface area contributed by atoms with Crippen molar-refractivity contribution in [3.63, 3.8) is 0 Å². The van der Waals surface area contributed by atoms with Crippen molar-refractivity contribution in [1.29, 1.82) is 0 Å². The van der Waals surface area contributed by atoms with Crippen molar-refractivity contribution >= 4 is 22.6 Å². The van der Waals surface area contributed by atoms with Gasteiger partial charge in [-0.2, -0.15) is 0 Å². The van der Waals surface area contributed by atoms with Crippen LogP contribution in [0.3, 0.4) is 0 Å². The molecule has 2 heterocycles. The van der Waals surface area contributed by atoms with Gasteiger partial charge >= 0.3 is 0 Å². The van der Waals surface area contributed by atoms with Crippen LogP contribution in [0.15, 0.2) is 54.9 Å². The normalized spacial score (nSPS) is 17.2. The van der Waals surface area contributed by atoms with Crippen LogP contribution in [0, 0.1) is 0 Å². The molecular formula is C19H19N3O2. The fourth-order valence-corrected chi connectivity index (χ4v) is 3.09. The minimum Gasteiger partial charge on any atom is -0.368 e. The first-order valence-corrected chi connectivity index (χ1v) is 8.21. The minimum atomic E-state index is -0.314. The highest BCUT2D eigenvalue weighted by Crippen LogP contribution is 2.18. The van der Waals surface area contributed by atoms with E-state index in [0.717, 1.165) is 35.1 Å². The van der Waals surface area contributed by atoms with Crippen molar-refractivity contribution in [2.75, 3.05) is 11.9 Å². The molecule has 2 aromatic carbocycles. The number of rotatable bonds is 4. The van der Waals surface area contributed by atoms with Crippen molar-refractivity contribution in [1.82, 2.24) is 9.55 Å². The highest BCUT2D eigenvalue weighted by atomic mass is 16.5. The van der Waals surface area contributed by atoms with Gasteiger partial charge in [-0.3, -0.25) is 4.79 Å². The zero-order valence-corrected chi connectivity index (χ0v) is 13.3. The smallest absolute Gasteiger partial charge is 0.253 e. The number of nitrogens with zero attached hydrogens (tertiary/aromatic N) is 2. The molecule has 0 bridgehead atoms. The van der Waals surface area contributed by atoms with E-state index in [4.69, 9.17) is 4.74 Å². The number of benzene rings is 2. The molecule has 1 saturated heterocycles. The largest absolute Gasteiger partial charge is 0.368 e. The monoisotopic (exact) mass is 321 g/mol. The molecule has 5 nitrogen and oxygen atoms in total. The molecule has 122 valence electrons. The Balaban J connectivity index is 1.51. The number of carbonyl (C=O) groups is 1. The summed E-state index contributed by atoms with van der Waals surface area (Å²) in [4.78, 5) is 16.6. The van der Waals surface area contributed by atoms with E-state index in [2.05, 4.69) is 27.0 Å². The molecule has 3 aromatic rings. The van der Waals surface area contributed by atoms with E-state index >= 15 is 0 Å². The lowest BCUT2D eigenvalue weighted by Crippen LogP contribution is -2.26. The average molecular weight is 321 g/mol. The molecule has 4 rings (SSSR count). The van der Waals surface area contributed by atoms with Gasteiger partial charge in [0.25, 0.3) is 5.91 Å². The van der Waals surface area contributed by atoms with E-state index in [1.54, 1.807) is 0 Å². The Kier molecular flexibility index (Phi) is 4.01. The number of anilines is 1. The van der Waals surface area contributed by atoms with Gasteiger partial charge in [0.1, 0.15) is 6.10 Å². The molecule has 0 unspecified atom stereocenters. The molecule has 0 saturated carbocycles. The Bertz CT molecular complexity index is 866. The maximum absolute atomic E-state index is 12.2. The van der Waals surface area contributed by atoms with Crippen LogP contribution in [0.5, 0.6) is 0 Å². The number of imidazole rings is 1. The predicted octanol–water partition coefficient (Wildman–Crippen LogP) is 3.20. The summed E-state index contributed by atoms with van der Waals surface area (Å²) in [5.41, 5.74) is 4.01. The fourth-order valence-electron chi connectivity index (χ4n) is 3.09. The second-order valence-electron chi connectivity index (χ2n) is 6.05. The third-order valence-corrected chi connectivity index (χ3v) is 4.30. The second kappa shape index (κ2) is 6.45. The zero-order chi connectivity index (χ0) is 16.4. The van der Waals surface area contributed by atoms with Gasteiger partial charge < -0.3 is 14.6 Å². The highest BCUT2D eigenvalue weighted by molar-refractivity contribution is 5.94. The summed E-state index contributed by atoms with van der Waals surface area (Å²) in [6.45, 7) is 1.38. The molecule has 1 aliphatic heterocycles. The molecule has 1 amide bonds. The molecule has 1 atom stereocenters. The van der Waals surface area contributed by atoms with Crippen LogP contribution in [-0.2, 0) is 16.1 Å². The number of para-hydroxylation sites is 2. The molecule has 1 fully saturated rings. The van der Waals surface area contributed by atoms with E-state index in [9.17, 15) is 4.79 Å². The Labute approximate surface area is 140 Å². The standard InChI is InChI=1S/C19H19N3O2/c23-19(18-9-4-10-24-18)21-15-6-3-5-14(11-15)12-22-13-20-16-7-1-2-8-17(16)22/h1-3,5-8,11,13,18H,4,9-10,12H2,(H,21,23)/t18-/m0/s1. The van der Waals surface area contributed by atoms with Crippen LogP contribution in [0.4, 0.5) is 5.69 Å². The Hall–Kier alpha value is -2.66. The van der Waals surface area contributed by atoms with Crippen LogP contribution < -0.4 is 5.32 Å². The van der Waals surface area contributed by atoms with Crippen molar-refractivity contribution in [2.24, 2.45) is 0 Å². The molecule has 1 N–H and O–H groups in total. The molecule has 0 aliphatic carbocycles. The number of aromatic nitrogens is 2. The van der Waals surface area contributed by atoms with Gasteiger partial charge in [0.05, 0.1) is 17.4 Å². The number of amides is 1. The van der Waals surface area contributed by atoms with E-state index in [0.29, 0.717) is 13.2 Å². The quantitative estimate of drug-likeness (QED) is 0.803. The minimum absolute atomic E-state index is 0.0577. The van der Waals surface area contributed by atoms with Gasteiger partial charge in [0.2, 0.25) is 0 Å². The zero-order valence-electron chi connectivity index (χ0n) is 13.3. The molecule has 1 aliphatic rings. The lowest BCUT2D eigenvalue weighted by molar-refractivity contribution is -0.124. The Morgan fingerprint density at radius 3 is 3.04 bits per heavy atom. The van der Waals surface area contributed by atoms with Gasteiger partial charge in [-0.15, -0.1) is 0 Å². The molecule has 0 spiro atoms. The summed E-state index contributed by atoms with van der Waals surface area (Å²) in [6, 6.07) is 16.0. The van der Waals surface area contributed by atoms with Crippen LogP contribution in [0.1, 0.15) is 18.4 Å². The van der Waals surface area contributed by atoms with E-state index in [-0.39, 0.29) is 12.0 Å². The van der Waals surface area contributed by atoms with Crippen LogP contribution in [0.2, 0.25) is 0 Å². The summed E-state index contributed by atoms with van der Waals surface area (Å²) in [7, 11) is 0. The van der Waals surface area contributed by atoms with Crippen molar-refractivity contribution in [3.05, 3.63) is 60.4 Å². The van der Waals surface area contributed by atoms with Gasteiger partial charge in [0.15, 0.2) is 0 Å². The third kappa shape index (κ3) is 3.03. The number of fused-ring (bicyclic) bond motifs is 1. The number of carbonyl (C=O) groups excluding carboxylic acids is 1. The lowest BCUT2D eigenvalue weighted by atomic mass is 10.1. The molecular weight excluding hydrogens is 302 g/mol. The number of hydrogen-bond acceptors (Lipinski definition) is 3. The third-order valence-electron chi connectivity index (χ3n) is 4.30. The van der Waals surface area contributed by atoms with E-state index in [1.165, 1.54) is 0 Å². The number of nitrogens with one attached hydrogen (secondary N) is 1. The van der Waals surface area contributed by atoms with E-state index in [1.807, 2.05) is 42.7 Å². The summed E-state index contributed by atoms with van der Waals surface area (Å²) in [5, 5.41) is 2.95. The highest BCUT2D eigenvalue weighted by Gasteiger charge is 2.23. The van der Waals surface area contributed by atoms with Crippen LogP contribution in [0.25, 0.3) is 11.0 Å². The van der Waals surface area contributed by atoms with Gasteiger partial charge in [0, 0.05) is 18.8 Å². The number of hydrogen-bond donors (Lipinski definition) is 1. The first kappa shape index (κ1) is 14.9. The maximum atomic E-state index is 12.2. The molecule has 1 aromatic heterocycles. The summed E-state index contributed by atoms with van der Waals surface area (Å²) < 4.78 is 7.53. The summed E-state index contributed by atoms with van der Waals surface area (Å²) >= 11 is 0. The molecule has 24 heavy (non-hydrogen) atoms. The molecule has 5 heteroatoms. The molecule has 0 radical (unpaired) electrons. The lowest BCUT2D eigenvalue weighted by Gasteiger charge is -2.12. The SMILES string of the molecule is O=C(Nc1cccc(Cn2cnc3ccccc32)c1)[C@@H]1CCCO1. The van der Waals surface area contributed by atoms with Crippen molar-refractivity contribution < 1.29 is 9.53 Å². The van der Waals surface area contributed by atoms with Crippen molar-refractivity contribution in [2.45, 2.75) is 25.5 Å². The fraction of sp³-hybridized carbons (Fsp3) is 0.263. The summed E-state index contributed by atoms with van der Waals surface area (Å²) in [5.74, 6) is -0.0577. The Morgan fingerprint density at radius 2 is 2.17 bits per heavy atom. The van der Waals surface area contributed by atoms with Gasteiger partial charge in [-0.1, -0.05) is 24.3 Å². The second-order valence-corrected chi connectivity index (χ2v) is 6.05. The van der Waals surface area contributed by atoms with E-state index < -0.39 is 0 Å². The maximum Gasteiger partial charge on any atom is 0.253 e.